The van der Waals surface area contributed by atoms with Gasteiger partial charge in [0, 0.05) is 22.6 Å². The molecule has 1 heterocycles. The topological polar surface area (TPSA) is 61.9 Å². The molecule has 0 saturated heterocycles. The Morgan fingerprint density at radius 2 is 2.00 bits per heavy atom. The van der Waals surface area contributed by atoms with Crippen LogP contribution in [0.15, 0.2) is 39.6 Å². The highest BCUT2D eigenvalue weighted by atomic mass is 32.2. The van der Waals surface area contributed by atoms with Crippen molar-refractivity contribution in [3.63, 3.8) is 0 Å². The quantitative estimate of drug-likeness (QED) is 0.667. The van der Waals surface area contributed by atoms with Crippen molar-refractivity contribution in [3.8, 4) is 6.07 Å². The van der Waals surface area contributed by atoms with Crippen LogP contribution in [-0.2, 0) is 5.41 Å². The third-order valence-electron chi connectivity index (χ3n) is 2.77. The number of rotatable bonds is 5. The monoisotopic (exact) mass is 301 g/mol. The molecule has 0 spiro atoms. The minimum absolute atomic E-state index is 0.204. The van der Waals surface area contributed by atoms with E-state index in [0.29, 0.717) is 24.0 Å². The number of benzene rings is 1. The van der Waals surface area contributed by atoms with E-state index in [2.05, 4.69) is 28.5 Å². The second-order valence-electron chi connectivity index (χ2n) is 5.65. The molecule has 0 saturated carbocycles. The van der Waals surface area contributed by atoms with Crippen LogP contribution in [0.5, 0.6) is 0 Å². The van der Waals surface area contributed by atoms with Crippen molar-refractivity contribution in [1.82, 2.24) is 4.98 Å². The van der Waals surface area contributed by atoms with Crippen molar-refractivity contribution >= 4 is 17.6 Å². The maximum absolute atomic E-state index is 9.11. The molecule has 0 bridgehead atoms. The fourth-order valence-corrected chi connectivity index (χ4v) is 2.48. The molecule has 110 valence electrons. The largest absolute Gasteiger partial charge is 0.423 e. The smallest absolute Gasteiger partial charge is 0.232 e. The fourth-order valence-electron chi connectivity index (χ4n) is 1.69. The van der Waals surface area contributed by atoms with Crippen LogP contribution in [0.2, 0.25) is 0 Å². The Bertz CT molecular complexity index is 623. The summed E-state index contributed by atoms with van der Waals surface area (Å²) >= 11 is 1.76. The molecule has 0 aliphatic heterocycles. The van der Waals surface area contributed by atoms with Gasteiger partial charge in [-0.15, -0.1) is 11.8 Å². The molecule has 1 aromatic carbocycles. The van der Waals surface area contributed by atoms with E-state index in [1.807, 2.05) is 39.0 Å². The highest BCUT2D eigenvalue weighted by molar-refractivity contribution is 7.99. The highest BCUT2D eigenvalue weighted by Crippen LogP contribution is 2.26. The Morgan fingerprint density at radius 3 is 2.62 bits per heavy atom. The molecule has 0 aliphatic carbocycles. The first-order chi connectivity index (χ1) is 10.0. The summed E-state index contributed by atoms with van der Waals surface area (Å²) in [7, 11) is 0. The number of thioether (sulfide) groups is 1. The van der Waals surface area contributed by atoms with Gasteiger partial charge in [-0.3, -0.25) is 0 Å². The van der Waals surface area contributed by atoms with Gasteiger partial charge in [-0.1, -0.05) is 39.0 Å². The zero-order valence-electron chi connectivity index (χ0n) is 12.5. The van der Waals surface area contributed by atoms with E-state index in [4.69, 9.17) is 9.68 Å². The second-order valence-corrected chi connectivity index (χ2v) is 6.82. The van der Waals surface area contributed by atoms with Crippen LogP contribution < -0.4 is 5.32 Å². The van der Waals surface area contributed by atoms with Gasteiger partial charge in [0.05, 0.1) is 0 Å². The highest BCUT2D eigenvalue weighted by Gasteiger charge is 2.23. The molecule has 0 radical (unpaired) electrons. The molecule has 2 aromatic rings. The van der Waals surface area contributed by atoms with E-state index >= 15 is 0 Å². The lowest BCUT2D eigenvalue weighted by atomic mass is 9.97. The lowest BCUT2D eigenvalue weighted by molar-refractivity contribution is 0.399. The summed E-state index contributed by atoms with van der Waals surface area (Å²) in [4.78, 5) is 5.47. The number of nitrogens with zero attached hydrogens (tertiary/aromatic N) is 2. The van der Waals surface area contributed by atoms with Gasteiger partial charge in [-0.05, 0) is 12.1 Å². The lowest BCUT2D eigenvalue weighted by Gasteiger charge is -2.12. The molecule has 21 heavy (non-hydrogen) atoms. The predicted molar refractivity (Wildman–Crippen MR) is 85.6 cm³/mol. The number of hydrogen-bond acceptors (Lipinski definition) is 5. The lowest BCUT2D eigenvalue weighted by Crippen LogP contribution is -2.11. The van der Waals surface area contributed by atoms with E-state index in [0.717, 1.165) is 5.75 Å². The first kappa shape index (κ1) is 15.5. The van der Waals surface area contributed by atoms with Crippen LogP contribution in [0.4, 0.5) is 5.88 Å². The van der Waals surface area contributed by atoms with Crippen LogP contribution in [0, 0.1) is 11.3 Å². The molecule has 1 N–H and O–H groups in total. The van der Waals surface area contributed by atoms with Crippen LogP contribution >= 0.6 is 11.8 Å². The van der Waals surface area contributed by atoms with Crippen molar-refractivity contribution in [2.45, 2.75) is 31.1 Å². The van der Waals surface area contributed by atoms with E-state index < -0.39 is 0 Å². The Morgan fingerprint density at radius 1 is 1.29 bits per heavy atom. The molecule has 1 aromatic heterocycles. The van der Waals surface area contributed by atoms with E-state index in [9.17, 15) is 0 Å². The second kappa shape index (κ2) is 6.68. The number of hydrogen-bond donors (Lipinski definition) is 1. The number of anilines is 1. The average Bonchev–Trinajstić information content (AvgIpc) is 2.88. The zero-order chi connectivity index (χ0) is 15.3. The fraction of sp³-hybridized carbons (Fsp3) is 0.375. The summed E-state index contributed by atoms with van der Waals surface area (Å²) in [6.07, 6.45) is 0. The van der Waals surface area contributed by atoms with Crippen molar-refractivity contribution in [2.24, 2.45) is 0 Å². The van der Waals surface area contributed by atoms with Gasteiger partial charge in [0.25, 0.3) is 0 Å². The molecular weight excluding hydrogens is 282 g/mol. The van der Waals surface area contributed by atoms with Crippen molar-refractivity contribution in [1.29, 1.82) is 5.26 Å². The molecule has 0 atom stereocenters. The Labute approximate surface area is 129 Å². The number of oxazole rings is 1. The van der Waals surface area contributed by atoms with Gasteiger partial charge in [-0.25, -0.2) is 0 Å². The first-order valence-electron chi connectivity index (χ1n) is 6.84. The molecule has 5 heteroatoms. The van der Waals surface area contributed by atoms with Gasteiger partial charge in [0.15, 0.2) is 0 Å². The van der Waals surface area contributed by atoms with Crippen LogP contribution in [0.3, 0.4) is 0 Å². The maximum Gasteiger partial charge on any atom is 0.232 e. The van der Waals surface area contributed by atoms with Crippen molar-refractivity contribution in [2.75, 3.05) is 17.6 Å². The summed E-state index contributed by atoms with van der Waals surface area (Å²) in [5.74, 6) is 1.94. The Balaban J connectivity index is 1.91. The van der Waals surface area contributed by atoms with Gasteiger partial charge in [0.2, 0.25) is 17.5 Å². The molecular formula is C16H19N3OS. The maximum atomic E-state index is 9.11. The van der Waals surface area contributed by atoms with Crippen LogP contribution in [-0.4, -0.2) is 17.3 Å². The first-order valence-corrected chi connectivity index (χ1v) is 7.82. The normalized spacial score (nSPS) is 11.1. The van der Waals surface area contributed by atoms with Crippen LogP contribution in [0.1, 0.15) is 32.4 Å². The summed E-state index contributed by atoms with van der Waals surface area (Å²) in [5.41, 5.74) is 0.120. The van der Waals surface area contributed by atoms with Gasteiger partial charge in [-0.2, -0.15) is 10.2 Å². The van der Waals surface area contributed by atoms with Gasteiger partial charge >= 0.3 is 0 Å². The molecule has 0 fully saturated rings. The summed E-state index contributed by atoms with van der Waals surface area (Å²) in [6.45, 7) is 6.74. The van der Waals surface area contributed by atoms with Crippen LogP contribution in [0.25, 0.3) is 0 Å². The minimum Gasteiger partial charge on any atom is -0.423 e. The molecule has 0 aliphatic rings. The Hall–Kier alpha value is -1.93. The minimum atomic E-state index is -0.204. The molecule has 4 nitrogen and oxygen atoms in total. The van der Waals surface area contributed by atoms with E-state index in [1.165, 1.54) is 4.90 Å². The van der Waals surface area contributed by atoms with E-state index in [1.54, 1.807) is 11.8 Å². The number of nitrogens with one attached hydrogen (secondary N) is 1. The number of nitriles is 1. The molecule has 0 amide bonds. The van der Waals surface area contributed by atoms with Crippen molar-refractivity contribution in [3.05, 3.63) is 41.9 Å². The zero-order valence-corrected chi connectivity index (χ0v) is 13.3. The van der Waals surface area contributed by atoms with E-state index in [-0.39, 0.29) is 5.41 Å². The third-order valence-corrected chi connectivity index (χ3v) is 3.79. The number of aromatic nitrogens is 1. The standard InChI is InChI=1S/C16H19N3OS/c1-16(2,3)15-19-13(11-17)14(20-15)18-9-10-21-12-7-5-4-6-8-12/h4-8,18H,9-10H2,1-3H3. The Kier molecular flexibility index (Phi) is 4.92. The predicted octanol–water partition coefficient (Wildman–Crippen LogP) is 4.05. The summed E-state index contributed by atoms with van der Waals surface area (Å²) < 4.78 is 5.67. The third kappa shape index (κ3) is 4.27. The summed E-state index contributed by atoms with van der Waals surface area (Å²) in [5, 5.41) is 12.3. The molecule has 0 unspecified atom stereocenters. The molecule has 2 rings (SSSR count). The summed E-state index contributed by atoms with van der Waals surface area (Å²) in [6, 6.07) is 12.3. The van der Waals surface area contributed by atoms with Gasteiger partial charge in [0.1, 0.15) is 6.07 Å². The SMILES string of the molecule is CC(C)(C)c1nc(C#N)c(NCCSc2ccccc2)o1. The average molecular weight is 301 g/mol. The van der Waals surface area contributed by atoms with Crippen molar-refractivity contribution < 1.29 is 4.42 Å². The van der Waals surface area contributed by atoms with Gasteiger partial charge < -0.3 is 9.73 Å².